The molecule has 0 spiro atoms. The number of hydrogen-bond acceptors (Lipinski definition) is 6. The Hall–Kier alpha value is -2.16. The van der Waals surface area contributed by atoms with Gasteiger partial charge in [0.2, 0.25) is 5.16 Å². The van der Waals surface area contributed by atoms with E-state index in [1.165, 1.54) is 18.9 Å². The lowest BCUT2D eigenvalue weighted by Crippen LogP contribution is -2.27. The number of aromatic nitrogens is 3. The number of fused-ring (bicyclic) bond motifs is 1. The molecule has 148 valence electrons. The summed E-state index contributed by atoms with van der Waals surface area (Å²) in [6.45, 7) is 0. The minimum atomic E-state index is -0.299. The highest BCUT2D eigenvalue weighted by atomic mass is 79.9. The molecule has 2 heterocycles. The molecule has 1 atom stereocenters. The first kappa shape index (κ1) is 20.1. The number of halogens is 2. The van der Waals surface area contributed by atoms with Crippen molar-refractivity contribution >= 4 is 51.0 Å². The Morgan fingerprint density at radius 3 is 2.59 bits per heavy atom. The molecule has 0 fully saturated rings. The molecule has 1 aliphatic heterocycles. The van der Waals surface area contributed by atoms with Gasteiger partial charge in [-0.15, -0.1) is 10.2 Å². The predicted molar refractivity (Wildman–Crippen MR) is 117 cm³/mol. The monoisotopic (exact) mass is 490 g/mol. The van der Waals surface area contributed by atoms with E-state index in [-0.39, 0.29) is 17.6 Å². The molecule has 0 N–H and O–H groups in total. The molecule has 1 unspecified atom stereocenters. The Kier molecular flexibility index (Phi) is 6.03. The van der Waals surface area contributed by atoms with E-state index in [4.69, 9.17) is 21.4 Å². The van der Waals surface area contributed by atoms with Gasteiger partial charge in [0, 0.05) is 15.9 Å². The molecular weight excluding hydrogens is 476 g/mol. The third-order valence-electron chi connectivity index (χ3n) is 4.43. The van der Waals surface area contributed by atoms with Gasteiger partial charge in [0.15, 0.2) is 5.82 Å². The van der Waals surface area contributed by atoms with Crippen LogP contribution in [-0.4, -0.2) is 38.9 Å². The maximum absolute atomic E-state index is 11.9. The highest BCUT2D eigenvalue weighted by Gasteiger charge is 2.30. The van der Waals surface area contributed by atoms with Gasteiger partial charge < -0.3 is 4.74 Å². The van der Waals surface area contributed by atoms with Gasteiger partial charge in [0.05, 0.1) is 24.5 Å². The summed E-state index contributed by atoms with van der Waals surface area (Å²) < 4.78 is 7.64. The molecule has 3 aromatic rings. The van der Waals surface area contributed by atoms with Crippen LogP contribution in [0.5, 0.6) is 0 Å². The highest BCUT2D eigenvalue weighted by Crippen LogP contribution is 2.33. The summed E-state index contributed by atoms with van der Waals surface area (Å²) in [5, 5.41) is 14.5. The average Bonchev–Trinajstić information content (AvgIpc) is 3.11. The SMILES string of the molecule is COC(=O)CC1Sc2nnc(Cc3ccc(Br)cc3)n2N=C1c1ccc(Cl)cc1. The lowest BCUT2D eigenvalue weighted by atomic mass is 10.1. The van der Waals surface area contributed by atoms with Gasteiger partial charge in [-0.05, 0) is 35.4 Å². The second-order valence-electron chi connectivity index (χ2n) is 6.39. The van der Waals surface area contributed by atoms with E-state index >= 15 is 0 Å². The van der Waals surface area contributed by atoms with Crippen molar-refractivity contribution in [2.75, 3.05) is 7.11 Å². The first-order chi connectivity index (χ1) is 14.0. The molecule has 29 heavy (non-hydrogen) atoms. The van der Waals surface area contributed by atoms with Crippen LogP contribution in [0.25, 0.3) is 0 Å². The number of methoxy groups -OCH3 is 1. The average molecular weight is 492 g/mol. The minimum absolute atomic E-state index is 0.192. The maximum atomic E-state index is 11.9. The molecule has 0 amide bonds. The molecule has 0 aliphatic carbocycles. The van der Waals surface area contributed by atoms with Gasteiger partial charge in [-0.2, -0.15) is 9.78 Å². The van der Waals surface area contributed by atoms with Crippen LogP contribution >= 0.6 is 39.3 Å². The van der Waals surface area contributed by atoms with E-state index in [0.29, 0.717) is 16.6 Å². The Labute approximate surface area is 185 Å². The quantitative estimate of drug-likeness (QED) is 0.489. The zero-order valence-electron chi connectivity index (χ0n) is 15.4. The molecule has 1 aliphatic rings. The van der Waals surface area contributed by atoms with Crippen molar-refractivity contribution in [3.05, 3.63) is 75.0 Å². The fourth-order valence-electron chi connectivity index (χ4n) is 2.96. The first-order valence-corrected chi connectivity index (χ1v) is 10.9. The number of rotatable bonds is 5. The number of hydrogen-bond donors (Lipinski definition) is 0. The summed E-state index contributed by atoms with van der Waals surface area (Å²) in [5.41, 5.74) is 2.76. The molecule has 2 aromatic carbocycles. The molecule has 9 heteroatoms. The van der Waals surface area contributed by atoms with Crippen LogP contribution in [0.1, 0.15) is 23.4 Å². The smallest absolute Gasteiger partial charge is 0.307 e. The predicted octanol–water partition coefficient (Wildman–Crippen LogP) is 4.57. The van der Waals surface area contributed by atoms with E-state index in [9.17, 15) is 4.79 Å². The highest BCUT2D eigenvalue weighted by molar-refractivity contribution is 9.10. The summed E-state index contributed by atoms with van der Waals surface area (Å²) in [4.78, 5) is 11.9. The van der Waals surface area contributed by atoms with E-state index in [1.807, 2.05) is 48.5 Å². The number of carbonyl (C=O) groups excluding carboxylic acids is 1. The van der Waals surface area contributed by atoms with Crippen molar-refractivity contribution in [2.24, 2.45) is 5.10 Å². The third kappa shape index (κ3) is 4.55. The minimum Gasteiger partial charge on any atom is -0.469 e. The third-order valence-corrected chi connectivity index (χ3v) is 6.35. The summed E-state index contributed by atoms with van der Waals surface area (Å²) in [6.07, 6.45) is 0.789. The topological polar surface area (TPSA) is 69.4 Å². The Morgan fingerprint density at radius 2 is 1.90 bits per heavy atom. The number of ether oxygens (including phenoxy) is 1. The zero-order chi connectivity index (χ0) is 20.4. The molecule has 0 bridgehead atoms. The van der Waals surface area contributed by atoms with E-state index in [1.54, 1.807) is 4.68 Å². The summed E-state index contributed by atoms with van der Waals surface area (Å²) >= 11 is 10.9. The van der Waals surface area contributed by atoms with E-state index in [0.717, 1.165) is 27.1 Å². The van der Waals surface area contributed by atoms with Crippen molar-refractivity contribution < 1.29 is 9.53 Å². The molecule has 0 radical (unpaired) electrons. The molecule has 0 saturated heterocycles. The number of benzene rings is 2. The number of esters is 1. The zero-order valence-corrected chi connectivity index (χ0v) is 18.5. The Balaban J connectivity index is 1.71. The fraction of sp³-hybridized carbons (Fsp3) is 0.200. The van der Waals surface area contributed by atoms with Crippen molar-refractivity contribution in [2.45, 2.75) is 23.2 Å². The van der Waals surface area contributed by atoms with Gasteiger partial charge in [-0.25, -0.2) is 0 Å². The molecule has 4 rings (SSSR count). The van der Waals surface area contributed by atoms with Crippen LogP contribution in [0.4, 0.5) is 0 Å². The van der Waals surface area contributed by atoms with Crippen LogP contribution in [-0.2, 0) is 16.0 Å². The summed E-state index contributed by atoms with van der Waals surface area (Å²) in [5.74, 6) is 0.435. The van der Waals surface area contributed by atoms with Crippen LogP contribution in [0.3, 0.4) is 0 Å². The second-order valence-corrected chi connectivity index (χ2v) is 8.91. The fourth-order valence-corrected chi connectivity index (χ4v) is 4.45. The Morgan fingerprint density at radius 1 is 1.17 bits per heavy atom. The largest absolute Gasteiger partial charge is 0.469 e. The van der Waals surface area contributed by atoms with Crippen LogP contribution in [0.2, 0.25) is 5.02 Å². The summed E-state index contributed by atoms with van der Waals surface area (Å²) in [7, 11) is 1.38. The molecule has 0 saturated carbocycles. The first-order valence-electron chi connectivity index (χ1n) is 8.80. The molecule has 6 nitrogen and oxygen atoms in total. The van der Waals surface area contributed by atoms with Crippen molar-refractivity contribution in [3.63, 3.8) is 0 Å². The van der Waals surface area contributed by atoms with Crippen molar-refractivity contribution in [1.29, 1.82) is 0 Å². The van der Waals surface area contributed by atoms with Gasteiger partial charge in [-0.3, -0.25) is 4.79 Å². The number of nitrogens with zero attached hydrogens (tertiary/aromatic N) is 4. The standard InChI is InChI=1S/C20H16BrClN4O2S/c1-28-18(27)11-16-19(13-4-8-15(22)9-5-13)25-26-17(23-24-20(26)29-16)10-12-2-6-14(21)7-3-12/h2-9,16H,10-11H2,1H3. The van der Waals surface area contributed by atoms with E-state index in [2.05, 4.69) is 26.1 Å². The van der Waals surface area contributed by atoms with Gasteiger partial charge in [0.25, 0.3) is 0 Å². The van der Waals surface area contributed by atoms with Crippen LogP contribution in [0, 0.1) is 0 Å². The van der Waals surface area contributed by atoms with Crippen molar-refractivity contribution in [3.8, 4) is 0 Å². The molecular formula is C20H16BrClN4O2S. The lowest BCUT2D eigenvalue weighted by molar-refractivity contribution is -0.140. The maximum Gasteiger partial charge on any atom is 0.307 e. The normalized spacial score (nSPS) is 15.6. The second kappa shape index (κ2) is 8.69. The number of carbonyl (C=O) groups is 1. The van der Waals surface area contributed by atoms with E-state index < -0.39 is 0 Å². The van der Waals surface area contributed by atoms with Crippen LogP contribution in [0.15, 0.2) is 63.3 Å². The van der Waals surface area contributed by atoms with Gasteiger partial charge in [0.1, 0.15) is 0 Å². The van der Waals surface area contributed by atoms with Crippen LogP contribution < -0.4 is 0 Å². The summed E-state index contributed by atoms with van der Waals surface area (Å²) in [6, 6.07) is 15.5. The van der Waals surface area contributed by atoms with Gasteiger partial charge in [-0.1, -0.05) is 63.6 Å². The molecule has 1 aromatic heterocycles. The Bertz CT molecular complexity index is 1070. The number of thioether (sulfide) groups is 1. The lowest BCUT2D eigenvalue weighted by Gasteiger charge is -2.22. The van der Waals surface area contributed by atoms with Gasteiger partial charge >= 0.3 is 5.97 Å². The van der Waals surface area contributed by atoms with Crippen molar-refractivity contribution in [1.82, 2.24) is 14.9 Å².